The van der Waals surface area contributed by atoms with Crippen molar-refractivity contribution >= 4 is 21.6 Å². The van der Waals surface area contributed by atoms with E-state index in [1.54, 1.807) is 0 Å². The summed E-state index contributed by atoms with van der Waals surface area (Å²) >= 11 is 3.39. The van der Waals surface area contributed by atoms with Crippen molar-refractivity contribution in [1.82, 2.24) is 0 Å². The summed E-state index contributed by atoms with van der Waals surface area (Å²) in [5.41, 5.74) is 7.78. The number of nitriles is 1. The van der Waals surface area contributed by atoms with Crippen molar-refractivity contribution in [2.75, 3.05) is 5.32 Å². The summed E-state index contributed by atoms with van der Waals surface area (Å²) in [5, 5.41) is 12.3. The number of nitrogens with two attached hydrogens (primary N) is 1. The quantitative estimate of drug-likeness (QED) is 0.881. The van der Waals surface area contributed by atoms with E-state index >= 15 is 0 Å². The number of anilines is 1. The molecule has 2 rings (SSSR count). The number of nitrogens with zero attached hydrogens (tertiary/aromatic N) is 1. The molecule has 1 aromatic carbocycles. The Kier molecular flexibility index (Phi) is 4.03. The molecule has 1 aliphatic rings. The maximum Gasteiger partial charge on any atom is 0.100 e. The van der Waals surface area contributed by atoms with Crippen LogP contribution >= 0.6 is 15.9 Å². The van der Waals surface area contributed by atoms with Crippen molar-refractivity contribution in [2.45, 2.75) is 37.8 Å². The molecule has 3 nitrogen and oxygen atoms in total. The zero-order valence-electron chi connectivity index (χ0n) is 9.62. The van der Waals surface area contributed by atoms with Crippen LogP contribution in [0.15, 0.2) is 22.7 Å². The Hall–Kier alpha value is -1.05. The summed E-state index contributed by atoms with van der Waals surface area (Å²) in [6.45, 7) is 0. The van der Waals surface area contributed by atoms with Gasteiger partial charge in [0, 0.05) is 22.2 Å². The highest BCUT2D eigenvalue weighted by Gasteiger charge is 2.21. The van der Waals surface area contributed by atoms with Gasteiger partial charge in [0.1, 0.15) is 6.07 Å². The molecule has 1 aliphatic carbocycles. The Morgan fingerprint density at radius 1 is 1.35 bits per heavy atom. The lowest BCUT2D eigenvalue weighted by molar-refractivity contribution is 0.404. The summed E-state index contributed by atoms with van der Waals surface area (Å²) in [7, 11) is 0. The molecule has 0 saturated heterocycles. The molecule has 3 N–H and O–H groups in total. The van der Waals surface area contributed by atoms with E-state index in [4.69, 9.17) is 11.0 Å². The monoisotopic (exact) mass is 293 g/mol. The number of hydrogen-bond acceptors (Lipinski definition) is 3. The van der Waals surface area contributed by atoms with Gasteiger partial charge in [0.05, 0.1) is 5.56 Å². The summed E-state index contributed by atoms with van der Waals surface area (Å²) in [6, 6.07) is 8.42. The summed E-state index contributed by atoms with van der Waals surface area (Å²) < 4.78 is 0.828. The second-order valence-electron chi connectivity index (χ2n) is 4.51. The fraction of sp³-hybridized carbons (Fsp3) is 0.462. The van der Waals surface area contributed by atoms with Crippen LogP contribution in [0.3, 0.4) is 0 Å². The van der Waals surface area contributed by atoms with Crippen molar-refractivity contribution in [3.63, 3.8) is 0 Å². The van der Waals surface area contributed by atoms with Crippen LogP contribution in [0, 0.1) is 11.3 Å². The maximum atomic E-state index is 8.85. The third-order valence-corrected chi connectivity index (χ3v) is 3.92. The molecule has 4 heteroatoms. The van der Waals surface area contributed by atoms with Gasteiger partial charge in [0.2, 0.25) is 0 Å². The summed E-state index contributed by atoms with van der Waals surface area (Å²) in [4.78, 5) is 0. The molecule has 0 amide bonds. The van der Waals surface area contributed by atoms with E-state index in [0.717, 1.165) is 23.0 Å². The number of nitrogens with one attached hydrogen (secondary N) is 1. The Labute approximate surface area is 110 Å². The van der Waals surface area contributed by atoms with E-state index in [9.17, 15) is 0 Å². The molecule has 1 aromatic rings. The van der Waals surface area contributed by atoms with Crippen molar-refractivity contribution in [3.05, 3.63) is 28.2 Å². The van der Waals surface area contributed by atoms with Crippen LogP contribution < -0.4 is 11.1 Å². The zero-order valence-corrected chi connectivity index (χ0v) is 11.2. The van der Waals surface area contributed by atoms with Crippen molar-refractivity contribution in [1.29, 1.82) is 5.26 Å². The van der Waals surface area contributed by atoms with Crippen LogP contribution in [0.25, 0.3) is 0 Å². The molecule has 2 atom stereocenters. The molecule has 2 unspecified atom stereocenters. The van der Waals surface area contributed by atoms with Gasteiger partial charge in [-0.2, -0.15) is 5.26 Å². The Balaban J connectivity index is 2.08. The highest BCUT2D eigenvalue weighted by molar-refractivity contribution is 9.10. The Bertz CT molecular complexity index is 439. The molecule has 17 heavy (non-hydrogen) atoms. The molecular formula is C13H16BrN3. The smallest absolute Gasteiger partial charge is 0.100 e. The Morgan fingerprint density at radius 3 is 2.76 bits per heavy atom. The number of benzene rings is 1. The van der Waals surface area contributed by atoms with E-state index in [1.165, 1.54) is 12.8 Å². The molecule has 0 aromatic heterocycles. The van der Waals surface area contributed by atoms with E-state index in [-0.39, 0.29) is 6.04 Å². The molecule has 90 valence electrons. The van der Waals surface area contributed by atoms with Gasteiger partial charge in [-0.25, -0.2) is 0 Å². The average Bonchev–Trinajstić information content (AvgIpc) is 2.32. The van der Waals surface area contributed by atoms with Crippen LogP contribution in [0.5, 0.6) is 0 Å². The standard InChI is InChI=1S/C13H16BrN3/c14-11-7-10(6-5-9(11)8-15)17-13-4-2-1-3-12(13)16/h5-7,12-13,17H,1-4,16H2. The normalized spacial score (nSPS) is 24.1. The van der Waals surface area contributed by atoms with E-state index in [1.807, 2.05) is 18.2 Å². The zero-order chi connectivity index (χ0) is 12.3. The van der Waals surface area contributed by atoms with Crippen LogP contribution in [-0.4, -0.2) is 12.1 Å². The predicted molar refractivity (Wildman–Crippen MR) is 72.7 cm³/mol. The first kappa shape index (κ1) is 12.4. The van der Waals surface area contributed by atoms with Gasteiger partial charge in [-0.05, 0) is 47.0 Å². The maximum absolute atomic E-state index is 8.85. The van der Waals surface area contributed by atoms with Crippen molar-refractivity contribution in [3.8, 4) is 6.07 Å². The molecule has 0 radical (unpaired) electrons. The van der Waals surface area contributed by atoms with Gasteiger partial charge < -0.3 is 11.1 Å². The Morgan fingerprint density at radius 2 is 2.12 bits per heavy atom. The second-order valence-corrected chi connectivity index (χ2v) is 5.36. The van der Waals surface area contributed by atoms with Gasteiger partial charge in [-0.15, -0.1) is 0 Å². The minimum atomic E-state index is 0.234. The van der Waals surface area contributed by atoms with Crippen molar-refractivity contribution < 1.29 is 0 Å². The van der Waals surface area contributed by atoms with Crippen LogP contribution in [0.1, 0.15) is 31.2 Å². The van der Waals surface area contributed by atoms with Gasteiger partial charge in [0.25, 0.3) is 0 Å². The lowest BCUT2D eigenvalue weighted by Gasteiger charge is -2.30. The fourth-order valence-corrected chi connectivity index (χ4v) is 2.72. The second kappa shape index (κ2) is 5.52. The number of hydrogen-bond donors (Lipinski definition) is 2. The largest absolute Gasteiger partial charge is 0.381 e. The van der Waals surface area contributed by atoms with Crippen LogP contribution in [0.4, 0.5) is 5.69 Å². The van der Waals surface area contributed by atoms with Crippen molar-refractivity contribution in [2.24, 2.45) is 5.73 Å². The van der Waals surface area contributed by atoms with Crippen LogP contribution in [0.2, 0.25) is 0 Å². The number of halogens is 1. The average molecular weight is 294 g/mol. The first-order valence-corrected chi connectivity index (χ1v) is 6.72. The molecule has 0 bridgehead atoms. The first-order chi connectivity index (χ1) is 8.20. The third kappa shape index (κ3) is 2.99. The minimum absolute atomic E-state index is 0.234. The highest BCUT2D eigenvalue weighted by atomic mass is 79.9. The van der Waals surface area contributed by atoms with Gasteiger partial charge in [0.15, 0.2) is 0 Å². The summed E-state index contributed by atoms with van der Waals surface area (Å²) in [6.07, 6.45) is 4.69. The van der Waals surface area contributed by atoms with Gasteiger partial charge >= 0.3 is 0 Å². The third-order valence-electron chi connectivity index (χ3n) is 3.26. The van der Waals surface area contributed by atoms with Gasteiger partial charge in [-0.1, -0.05) is 12.8 Å². The SMILES string of the molecule is N#Cc1ccc(NC2CCCCC2N)cc1Br. The first-order valence-electron chi connectivity index (χ1n) is 5.92. The van der Waals surface area contributed by atoms with E-state index in [0.29, 0.717) is 11.6 Å². The van der Waals surface area contributed by atoms with E-state index in [2.05, 4.69) is 27.3 Å². The molecule has 0 spiro atoms. The van der Waals surface area contributed by atoms with Crippen LogP contribution in [-0.2, 0) is 0 Å². The lowest BCUT2D eigenvalue weighted by atomic mass is 9.91. The predicted octanol–water partition coefficient (Wildman–Crippen LogP) is 3.00. The molecule has 0 aliphatic heterocycles. The molecule has 1 fully saturated rings. The number of rotatable bonds is 2. The molecule has 1 saturated carbocycles. The van der Waals surface area contributed by atoms with Gasteiger partial charge in [-0.3, -0.25) is 0 Å². The minimum Gasteiger partial charge on any atom is -0.381 e. The summed E-state index contributed by atoms with van der Waals surface area (Å²) in [5.74, 6) is 0. The molecular weight excluding hydrogens is 278 g/mol. The topological polar surface area (TPSA) is 61.8 Å². The lowest BCUT2D eigenvalue weighted by Crippen LogP contribution is -2.42. The fourth-order valence-electron chi connectivity index (χ4n) is 2.25. The highest BCUT2D eigenvalue weighted by Crippen LogP contribution is 2.24. The van der Waals surface area contributed by atoms with E-state index < -0.39 is 0 Å². The molecule has 0 heterocycles.